The third-order valence-electron chi connectivity index (χ3n) is 3.39. The van der Waals surface area contributed by atoms with Crippen molar-refractivity contribution in [2.24, 2.45) is 0 Å². The normalized spacial score (nSPS) is 18.8. The van der Waals surface area contributed by atoms with Crippen LogP contribution in [-0.4, -0.2) is 29.2 Å². The summed E-state index contributed by atoms with van der Waals surface area (Å²) in [7, 11) is 0. The monoisotopic (exact) mass is 283 g/mol. The van der Waals surface area contributed by atoms with Gasteiger partial charge in [-0.05, 0) is 32.6 Å². The van der Waals surface area contributed by atoms with Crippen LogP contribution >= 0.6 is 11.6 Å². The van der Waals surface area contributed by atoms with Gasteiger partial charge in [0, 0.05) is 25.1 Å². The number of anilines is 1. The van der Waals surface area contributed by atoms with Crippen LogP contribution in [-0.2, 0) is 11.2 Å². The molecule has 1 saturated heterocycles. The number of hydrogen-bond acceptors (Lipinski definition) is 4. The lowest BCUT2D eigenvalue weighted by atomic mass is 10.2. The van der Waals surface area contributed by atoms with Gasteiger partial charge >= 0.3 is 0 Å². The number of nitrogens with one attached hydrogen (secondary N) is 1. The molecule has 106 valence electrons. The zero-order valence-electron chi connectivity index (χ0n) is 11.7. The van der Waals surface area contributed by atoms with Gasteiger partial charge in [0.2, 0.25) is 0 Å². The highest BCUT2D eigenvalue weighted by atomic mass is 35.5. The molecule has 2 heterocycles. The van der Waals surface area contributed by atoms with E-state index in [0.717, 1.165) is 49.6 Å². The van der Waals surface area contributed by atoms with E-state index in [1.54, 1.807) is 0 Å². The maximum Gasteiger partial charge on any atom is 0.137 e. The first-order chi connectivity index (χ1) is 9.20. The summed E-state index contributed by atoms with van der Waals surface area (Å²) >= 11 is 6.14. The van der Waals surface area contributed by atoms with E-state index in [0.29, 0.717) is 11.3 Å². The van der Waals surface area contributed by atoms with E-state index in [1.165, 1.54) is 12.8 Å². The van der Waals surface area contributed by atoms with Gasteiger partial charge in [0.15, 0.2) is 0 Å². The van der Waals surface area contributed by atoms with E-state index in [4.69, 9.17) is 16.3 Å². The molecule has 1 N–H and O–H groups in total. The molecule has 1 unspecified atom stereocenters. The van der Waals surface area contributed by atoms with Crippen molar-refractivity contribution in [1.82, 2.24) is 9.97 Å². The van der Waals surface area contributed by atoms with Crippen molar-refractivity contribution in [3.05, 3.63) is 16.5 Å². The van der Waals surface area contributed by atoms with Gasteiger partial charge in [-0.15, -0.1) is 0 Å². The smallest absolute Gasteiger partial charge is 0.137 e. The van der Waals surface area contributed by atoms with Gasteiger partial charge in [-0.3, -0.25) is 0 Å². The second kappa shape index (κ2) is 7.06. The molecular formula is C14H22ClN3O. The highest BCUT2D eigenvalue weighted by molar-refractivity contribution is 6.30. The van der Waals surface area contributed by atoms with Crippen LogP contribution in [0.1, 0.15) is 44.0 Å². The summed E-state index contributed by atoms with van der Waals surface area (Å²) in [6, 6.07) is 0. The minimum Gasteiger partial charge on any atom is -0.378 e. The molecule has 0 aromatic carbocycles. The molecule has 1 aromatic rings. The fourth-order valence-electron chi connectivity index (χ4n) is 2.26. The van der Waals surface area contributed by atoms with Crippen LogP contribution in [0.25, 0.3) is 0 Å². The molecule has 1 aromatic heterocycles. The summed E-state index contributed by atoms with van der Waals surface area (Å²) in [6.45, 7) is 5.84. The first kappa shape index (κ1) is 14.5. The van der Waals surface area contributed by atoms with Gasteiger partial charge in [0.05, 0.1) is 6.10 Å². The molecule has 0 radical (unpaired) electrons. The number of halogens is 1. The van der Waals surface area contributed by atoms with Crippen molar-refractivity contribution >= 4 is 17.4 Å². The van der Waals surface area contributed by atoms with Crippen molar-refractivity contribution in [1.29, 1.82) is 0 Å². The molecule has 19 heavy (non-hydrogen) atoms. The van der Waals surface area contributed by atoms with Crippen molar-refractivity contribution in [2.75, 3.05) is 18.5 Å². The van der Waals surface area contributed by atoms with Gasteiger partial charge in [-0.2, -0.15) is 0 Å². The Morgan fingerprint density at radius 3 is 2.95 bits per heavy atom. The third-order valence-corrected chi connectivity index (χ3v) is 3.76. The third kappa shape index (κ3) is 4.05. The predicted molar refractivity (Wildman–Crippen MR) is 77.9 cm³/mol. The van der Waals surface area contributed by atoms with Crippen LogP contribution in [0.3, 0.4) is 0 Å². The number of aryl methyl sites for hydroxylation is 1. The molecule has 0 saturated carbocycles. The predicted octanol–water partition coefficient (Wildman–Crippen LogP) is 3.37. The molecule has 0 amide bonds. The Bertz CT molecular complexity index is 419. The lowest BCUT2D eigenvalue weighted by Gasteiger charge is -2.13. The Balaban J connectivity index is 1.93. The van der Waals surface area contributed by atoms with E-state index in [-0.39, 0.29) is 0 Å². The Hall–Kier alpha value is -0.870. The fraction of sp³-hybridized carbons (Fsp3) is 0.714. The van der Waals surface area contributed by atoms with E-state index >= 15 is 0 Å². The highest BCUT2D eigenvalue weighted by Gasteiger charge is 2.15. The SMILES string of the molecule is CCCc1nc(Cl)c(C)c(NCCC2CCCO2)n1. The molecule has 0 bridgehead atoms. The zero-order valence-corrected chi connectivity index (χ0v) is 12.5. The largest absolute Gasteiger partial charge is 0.378 e. The summed E-state index contributed by atoms with van der Waals surface area (Å²) in [4.78, 5) is 8.84. The quantitative estimate of drug-likeness (QED) is 0.813. The van der Waals surface area contributed by atoms with Crippen molar-refractivity contribution in [3.63, 3.8) is 0 Å². The number of aromatic nitrogens is 2. The van der Waals surface area contributed by atoms with Crippen molar-refractivity contribution in [2.45, 2.75) is 52.1 Å². The maximum absolute atomic E-state index is 6.14. The number of nitrogens with zero attached hydrogens (tertiary/aromatic N) is 2. The molecular weight excluding hydrogens is 262 g/mol. The van der Waals surface area contributed by atoms with Gasteiger partial charge in [-0.25, -0.2) is 9.97 Å². The molecule has 1 aliphatic heterocycles. The van der Waals surface area contributed by atoms with Crippen molar-refractivity contribution < 1.29 is 4.74 Å². The number of hydrogen-bond donors (Lipinski definition) is 1. The highest BCUT2D eigenvalue weighted by Crippen LogP contribution is 2.21. The Morgan fingerprint density at radius 2 is 2.26 bits per heavy atom. The Morgan fingerprint density at radius 1 is 1.42 bits per heavy atom. The summed E-state index contributed by atoms with van der Waals surface area (Å²) in [5, 5.41) is 3.92. The Labute approximate surface area is 119 Å². The first-order valence-electron chi connectivity index (χ1n) is 7.09. The molecule has 5 heteroatoms. The van der Waals surface area contributed by atoms with Gasteiger partial charge < -0.3 is 10.1 Å². The van der Waals surface area contributed by atoms with Crippen LogP contribution in [0.5, 0.6) is 0 Å². The van der Waals surface area contributed by atoms with Gasteiger partial charge in [0.1, 0.15) is 16.8 Å². The second-order valence-electron chi connectivity index (χ2n) is 5.00. The van der Waals surface area contributed by atoms with E-state index in [2.05, 4.69) is 22.2 Å². The average Bonchev–Trinajstić information content (AvgIpc) is 2.88. The fourth-order valence-corrected chi connectivity index (χ4v) is 2.45. The minimum absolute atomic E-state index is 0.403. The van der Waals surface area contributed by atoms with E-state index in [9.17, 15) is 0 Å². The van der Waals surface area contributed by atoms with Crippen LogP contribution in [0.15, 0.2) is 0 Å². The molecule has 0 spiro atoms. The van der Waals surface area contributed by atoms with Crippen LogP contribution < -0.4 is 5.32 Å². The molecule has 1 atom stereocenters. The zero-order chi connectivity index (χ0) is 13.7. The van der Waals surface area contributed by atoms with Crippen LogP contribution in [0.2, 0.25) is 5.15 Å². The summed E-state index contributed by atoms with van der Waals surface area (Å²) in [5.74, 6) is 1.68. The topological polar surface area (TPSA) is 47.0 Å². The number of ether oxygens (including phenoxy) is 1. The molecule has 0 aliphatic carbocycles. The van der Waals surface area contributed by atoms with E-state index in [1.807, 2.05) is 6.92 Å². The Kier molecular flexibility index (Phi) is 5.40. The van der Waals surface area contributed by atoms with Gasteiger partial charge in [0.25, 0.3) is 0 Å². The lowest BCUT2D eigenvalue weighted by Crippen LogP contribution is -2.14. The molecule has 1 fully saturated rings. The van der Waals surface area contributed by atoms with Crippen LogP contribution in [0.4, 0.5) is 5.82 Å². The summed E-state index contributed by atoms with van der Waals surface area (Å²) < 4.78 is 5.61. The second-order valence-corrected chi connectivity index (χ2v) is 5.36. The summed E-state index contributed by atoms with van der Waals surface area (Å²) in [5.41, 5.74) is 0.925. The maximum atomic E-state index is 6.14. The van der Waals surface area contributed by atoms with Crippen LogP contribution in [0, 0.1) is 6.92 Å². The standard InChI is InChI=1S/C14H22ClN3O/c1-3-5-12-17-13(15)10(2)14(18-12)16-8-7-11-6-4-9-19-11/h11H,3-9H2,1-2H3,(H,16,17,18). The molecule has 4 nitrogen and oxygen atoms in total. The number of rotatable bonds is 6. The van der Waals surface area contributed by atoms with Gasteiger partial charge in [-0.1, -0.05) is 18.5 Å². The average molecular weight is 284 g/mol. The van der Waals surface area contributed by atoms with Crippen molar-refractivity contribution in [3.8, 4) is 0 Å². The first-order valence-corrected chi connectivity index (χ1v) is 7.47. The lowest BCUT2D eigenvalue weighted by molar-refractivity contribution is 0.107. The molecule has 1 aliphatic rings. The molecule has 2 rings (SSSR count). The minimum atomic E-state index is 0.403. The summed E-state index contributed by atoms with van der Waals surface area (Å²) in [6.07, 6.45) is 5.66. The van der Waals surface area contributed by atoms with E-state index < -0.39 is 0 Å².